The number of likely N-dealkylation sites (tertiary alicyclic amines) is 1. The minimum Gasteiger partial charge on any atom is -0.497 e. The molecule has 0 saturated carbocycles. The molecule has 0 radical (unpaired) electrons. The summed E-state index contributed by atoms with van der Waals surface area (Å²) in [6.45, 7) is 4.21. The number of urea groups is 1. The number of amides is 3. The normalized spacial score (nSPS) is 14.3. The lowest BCUT2D eigenvalue weighted by Gasteiger charge is -2.32. The Morgan fingerprint density at radius 2 is 1.91 bits per heavy atom. The van der Waals surface area contributed by atoms with Gasteiger partial charge in [0.2, 0.25) is 0 Å². The van der Waals surface area contributed by atoms with E-state index in [1.165, 1.54) is 0 Å². The molecule has 10 nitrogen and oxygen atoms in total. The van der Waals surface area contributed by atoms with E-state index in [4.69, 9.17) is 10.5 Å². The van der Waals surface area contributed by atoms with Crippen molar-refractivity contribution in [3.05, 3.63) is 47.8 Å². The van der Waals surface area contributed by atoms with Gasteiger partial charge in [-0.1, -0.05) is 12.1 Å². The van der Waals surface area contributed by atoms with Crippen LogP contribution >= 0.6 is 0 Å². The minimum atomic E-state index is -0.400. The predicted molar refractivity (Wildman–Crippen MR) is 125 cm³/mol. The Morgan fingerprint density at radius 3 is 2.55 bits per heavy atom. The predicted octanol–water partition coefficient (Wildman–Crippen LogP) is 2.34. The molecule has 33 heavy (non-hydrogen) atoms. The molecule has 0 bridgehead atoms. The van der Waals surface area contributed by atoms with Crippen LogP contribution in [0.3, 0.4) is 0 Å². The highest BCUT2D eigenvalue weighted by Crippen LogP contribution is 2.28. The number of nitrogens with two attached hydrogens (primary N) is 1. The number of nitrogens with zero attached hydrogens (tertiary/aromatic N) is 4. The first-order chi connectivity index (χ1) is 16.0. The molecule has 3 aromatic rings. The Morgan fingerprint density at radius 1 is 1.18 bits per heavy atom. The zero-order chi connectivity index (χ0) is 23.4. The maximum absolute atomic E-state index is 13.2. The Kier molecular flexibility index (Phi) is 6.62. The highest BCUT2D eigenvalue weighted by molar-refractivity contribution is 6.06. The lowest BCUT2D eigenvalue weighted by atomic mass is 10.0. The average molecular weight is 452 g/mol. The number of ether oxygens (including phenoxy) is 1. The largest absolute Gasteiger partial charge is 0.497 e. The summed E-state index contributed by atoms with van der Waals surface area (Å²) in [5, 5.41) is 11.7. The number of nitrogens with one attached hydrogen (secondary N) is 2. The summed E-state index contributed by atoms with van der Waals surface area (Å²) in [6, 6.07) is 7.25. The zero-order valence-corrected chi connectivity index (χ0v) is 18.9. The number of anilines is 1. The van der Waals surface area contributed by atoms with Gasteiger partial charge in [-0.3, -0.25) is 4.79 Å². The van der Waals surface area contributed by atoms with E-state index in [2.05, 4.69) is 20.7 Å². The van der Waals surface area contributed by atoms with Gasteiger partial charge in [0.05, 0.1) is 29.9 Å². The van der Waals surface area contributed by atoms with E-state index in [1.54, 1.807) is 29.1 Å². The van der Waals surface area contributed by atoms with E-state index in [1.807, 2.05) is 31.2 Å². The Bertz CT molecular complexity index is 1130. The smallest absolute Gasteiger partial charge is 0.314 e. The molecule has 10 heteroatoms. The van der Waals surface area contributed by atoms with Crippen LogP contribution in [-0.4, -0.2) is 57.8 Å². The number of methoxy groups -OCH3 is 1. The Hall–Kier alpha value is -3.82. The van der Waals surface area contributed by atoms with Gasteiger partial charge in [-0.05, 0) is 37.5 Å². The van der Waals surface area contributed by atoms with Gasteiger partial charge in [-0.25, -0.2) is 14.5 Å². The summed E-state index contributed by atoms with van der Waals surface area (Å²) >= 11 is 0. The minimum absolute atomic E-state index is 0.101. The maximum atomic E-state index is 13.2. The zero-order valence-electron chi connectivity index (χ0n) is 18.9. The van der Waals surface area contributed by atoms with Crippen LogP contribution in [0.2, 0.25) is 0 Å². The first-order valence-electron chi connectivity index (χ1n) is 11.1. The fourth-order valence-corrected chi connectivity index (χ4v) is 4.06. The van der Waals surface area contributed by atoms with Crippen molar-refractivity contribution < 1.29 is 14.3 Å². The average Bonchev–Trinajstić information content (AvgIpc) is 3.27. The van der Waals surface area contributed by atoms with Crippen LogP contribution in [0.5, 0.6) is 5.75 Å². The van der Waals surface area contributed by atoms with Crippen molar-refractivity contribution in [2.24, 2.45) is 5.73 Å². The van der Waals surface area contributed by atoms with Crippen molar-refractivity contribution in [3.63, 3.8) is 0 Å². The molecule has 2 aromatic heterocycles. The summed E-state index contributed by atoms with van der Waals surface area (Å²) in [6.07, 6.45) is 4.82. The molecule has 174 valence electrons. The summed E-state index contributed by atoms with van der Waals surface area (Å²) in [5.74, 6) is 0.545. The third-order valence-electron chi connectivity index (χ3n) is 5.98. The summed E-state index contributed by atoms with van der Waals surface area (Å²) in [5.41, 5.74) is 8.27. The number of piperidine rings is 1. The third kappa shape index (κ3) is 4.84. The molecule has 4 rings (SSSR count). The molecule has 1 aliphatic heterocycles. The van der Waals surface area contributed by atoms with Crippen molar-refractivity contribution >= 4 is 28.7 Å². The summed E-state index contributed by atoms with van der Waals surface area (Å²) in [7, 11) is 1.62. The highest BCUT2D eigenvalue weighted by Gasteiger charge is 2.25. The van der Waals surface area contributed by atoms with Gasteiger partial charge in [0, 0.05) is 38.4 Å². The second-order valence-electron chi connectivity index (χ2n) is 8.02. The molecule has 0 spiro atoms. The van der Waals surface area contributed by atoms with Crippen LogP contribution in [0.1, 0.15) is 35.7 Å². The van der Waals surface area contributed by atoms with Crippen LogP contribution in [0.25, 0.3) is 11.0 Å². The molecule has 1 aromatic carbocycles. The number of hydrogen-bond donors (Lipinski definition) is 3. The van der Waals surface area contributed by atoms with Crippen LogP contribution in [-0.2, 0) is 13.1 Å². The van der Waals surface area contributed by atoms with Gasteiger partial charge in [-0.15, -0.1) is 0 Å². The first-order valence-corrected chi connectivity index (χ1v) is 11.1. The van der Waals surface area contributed by atoms with Crippen molar-refractivity contribution in [1.82, 2.24) is 25.0 Å². The summed E-state index contributed by atoms with van der Waals surface area (Å²) in [4.78, 5) is 30.7. The molecule has 3 heterocycles. The number of aryl methyl sites for hydroxylation is 1. The number of carbonyl (C=O) groups excluding carboxylic acids is 2. The molecule has 1 fully saturated rings. The maximum Gasteiger partial charge on any atom is 0.314 e. The quantitative estimate of drug-likeness (QED) is 0.506. The topological polar surface area (TPSA) is 127 Å². The molecule has 0 unspecified atom stereocenters. The molecule has 3 amide bonds. The number of fused-ring (bicyclic) bond motifs is 1. The Labute approximate surface area is 192 Å². The van der Waals surface area contributed by atoms with Gasteiger partial charge in [0.25, 0.3) is 5.91 Å². The van der Waals surface area contributed by atoms with E-state index in [9.17, 15) is 9.59 Å². The second kappa shape index (κ2) is 9.76. The number of hydrogen-bond acceptors (Lipinski definition) is 6. The standard InChI is InChI=1S/C23H29N7O3/c1-3-30-21-18(14-27-30)20(28-16-8-10-29(11-9-16)23(24)32)19(13-25-21)22(31)26-12-15-4-6-17(33-2)7-5-15/h4-7,13-14,16H,3,8-12H2,1-2H3,(H2,24,32)(H,25,28)(H,26,31). The van der Waals surface area contributed by atoms with Crippen LogP contribution in [0, 0.1) is 0 Å². The first kappa shape index (κ1) is 22.4. The molecule has 4 N–H and O–H groups in total. The molecule has 0 atom stereocenters. The third-order valence-corrected chi connectivity index (χ3v) is 5.98. The molecule has 1 saturated heterocycles. The second-order valence-corrected chi connectivity index (χ2v) is 8.02. The highest BCUT2D eigenvalue weighted by atomic mass is 16.5. The van der Waals surface area contributed by atoms with Gasteiger partial charge in [0.15, 0.2) is 5.65 Å². The number of benzene rings is 1. The van der Waals surface area contributed by atoms with Crippen LogP contribution in [0.4, 0.5) is 10.5 Å². The van der Waals surface area contributed by atoms with Crippen LogP contribution < -0.4 is 21.1 Å². The van der Waals surface area contributed by atoms with E-state index in [-0.39, 0.29) is 11.9 Å². The van der Waals surface area contributed by atoms with E-state index in [0.717, 1.165) is 35.2 Å². The fourth-order valence-electron chi connectivity index (χ4n) is 4.06. The van der Waals surface area contributed by atoms with Gasteiger partial charge in [0.1, 0.15) is 5.75 Å². The lowest BCUT2D eigenvalue weighted by Crippen LogP contribution is -2.44. The van der Waals surface area contributed by atoms with Crippen molar-refractivity contribution in [2.45, 2.75) is 38.9 Å². The van der Waals surface area contributed by atoms with E-state index in [0.29, 0.717) is 37.4 Å². The SMILES string of the molecule is CCn1ncc2c(NC3CCN(C(N)=O)CC3)c(C(=O)NCc3ccc(OC)cc3)cnc21. The molecular formula is C23H29N7O3. The number of pyridine rings is 1. The van der Waals surface area contributed by atoms with Crippen molar-refractivity contribution in [2.75, 3.05) is 25.5 Å². The lowest BCUT2D eigenvalue weighted by molar-refractivity contribution is 0.0951. The van der Waals surface area contributed by atoms with Crippen LogP contribution in [0.15, 0.2) is 36.7 Å². The van der Waals surface area contributed by atoms with Gasteiger partial charge < -0.3 is 26.0 Å². The number of primary amides is 1. The molecule has 0 aliphatic carbocycles. The molecular weight excluding hydrogens is 422 g/mol. The Balaban J connectivity index is 1.56. The molecule has 1 aliphatic rings. The number of rotatable bonds is 7. The fraction of sp³-hybridized carbons (Fsp3) is 0.391. The van der Waals surface area contributed by atoms with E-state index >= 15 is 0 Å². The monoisotopic (exact) mass is 451 g/mol. The number of carbonyl (C=O) groups is 2. The number of aromatic nitrogens is 3. The van der Waals surface area contributed by atoms with Crippen molar-refractivity contribution in [1.29, 1.82) is 0 Å². The van der Waals surface area contributed by atoms with Crippen molar-refractivity contribution in [3.8, 4) is 5.75 Å². The summed E-state index contributed by atoms with van der Waals surface area (Å²) < 4.78 is 6.98. The van der Waals surface area contributed by atoms with E-state index < -0.39 is 6.03 Å². The van der Waals surface area contributed by atoms with Gasteiger partial charge >= 0.3 is 6.03 Å². The van der Waals surface area contributed by atoms with Gasteiger partial charge in [-0.2, -0.15) is 5.10 Å².